The molecule has 0 heterocycles. The van der Waals surface area contributed by atoms with Crippen LogP contribution in [0.5, 0.6) is 0 Å². The minimum atomic E-state index is -3.32. The van der Waals surface area contributed by atoms with Gasteiger partial charge in [0.2, 0.25) is 0 Å². The molecule has 0 aromatic heterocycles. The molecule has 0 rings (SSSR count). The molecule has 0 aromatic rings. The van der Waals surface area contributed by atoms with Crippen molar-refractivity contribution in [2.75, 3.05) is 52.7 Å². The fourth-order valence-corrected chi connectivity index (χ4v) is 6.87. The third-order valence-electron chi connectivity index (χ3n) is 3.48. The van der Waals surface area contributed by atoms with E-state index in [1.165, 1.54) is 0 Å². The van der Waals surface area contributed by atoms with E-state index in [-0.39, 0.29) is 0 Å². The van der Waals surface area contributed by atoms with Crippen molar-refractivity contribution in [3.63, 3.8) is 0 Å². The van der Waals surface area contributed by atoms with Gasteiger partial charge in [0.05, 0.1) is 0 Å². The van der Waals surface area contributed by atoms with Gasteiger partial charge >= 0.3 is 23.9 Å². The molecule has 3 N–H and O–H groups in total. The van der Waals surface area contributed by atoms with Crippen LogP contribution < -0.4 is 11.1 Å². The molecule has 0 aliphatic carbocycles. The van der Waals surface area contributed by atoms with Gasteiger partial charge in [0.25, 0.3) is 0 Å². The number of amides is 1. The maximum Gasteiger partial charge on any atom is 0.752 e. The van der Waals surface area contributed by atoms with E-state index in [0.29, 0.717) is 52.7 Å². The molecule has 31 heavy (non-hydrogen) atoms. The summed E-state index contributed by atoms with van der Waals surface area (Å²) in [6.45, 7) is 17.5. The van der Waals surface area contributed by atoms with Gasteiger partial charge < -0.3 is 42.0 Å². The predicted octanol–water partition coefficient (Wildman–Crippen LogP) is 3.05. The molecule has 188 valence electrons. The van der Waals surface area contributed by atoms with Crippen LogP contribution in [0.15, 0.2) is 0 Å². The van der Waals surface area contributed by atoms with Crippen molar-refractivity contribution in [1.29, 1.82) is 0 Å². The maximum atomic E-state index is 11.5. The first-order chi connectivity index (χ1) is 14.9. The van der Waals surface area contributed by atoms with Crippen molar-refractivity contribution >= 4 is 23.9 Å². The average Bonchev–Trinajstić information content (AvgIpc) is 2.72. The van der Waals surface area contributed by atoms with E-state index < -0.39 is 23.9 Å². The lowest BCUT2D eigenvalue weighted by atomic mass is 10.5. The van der Waals surface area contributed by atoms with Crippen LogP contribution in [0.25, 0.3) is 0 Å². The van der Waals surface area contributed by atoms with Gasteiger partial charge in [-0.3, -0.25) is 0 Å². The fourth-order valence-electron chi connectivity index (χ4n) is 2.44. The zero-order chi connectivity index (χ0) is 24.0. The molecule has 1 amide bonds. The summed E-state index contributed by atoms with van der Waals surface area (Å²) in [7, 11) is -5.72. The summed E-state index contributed by atoms with van der Waals surface area (Å²) in [5.41, 5.74) is 5.48. The van der Waals surface area contributed by atoms with Crippen molar-refractivity contribution in [3.05, 3.63) is 0 Å². The zero-order valence-corrected chi connectivity index (χ0v) is 22.6. The highest BCUT2D eigenvalue weighted by Crippen LogP contribution is 2.17. The number of rotatable bonds is 18. The fraction of sp³-hybridized carbons (Fsp3) is 0.947. The molecular formula is C19H46N2O8Si2. The first kappa shape index (κ1) is 32.6. The number of carbonyl (C=O) groups excluding carboxylic acids is 1. The molecule has 0 fully saturated rings. The van der Waals surface area contributed by atoms with E-state index in [1.54, 1.807) is 20.8 Å². The monoisotopic (exact) mass is 486 g/mol. The van der Waals surface area contributed by atoms with Crippen LogP contribution in [0.2, 0.25) is 6.04 Å². The van der Waals surface area contributed by atoms with Crippen LogP contribution in [0.3, 0.4) is 0 Å². The lowest BCUT2D eigenvalue weighted by Gasteiger charge is -2.28. The van der Waals surface area contributed by atoms with E-state index in [4.69, 9.17) is 36.7 Å². The third kappa shape index (κ3) is 15.8. The summed E-state index contributed by atoms with van der Waals surface area (Å²) in [6.07, 6.45) is 1.17. The van der Waals surface area contributed by atoms with Gasteiger partial charge in [-0.25, -0.2) is 4.79 Å². The van der Waals surface area contributed by atoms with Crippen molar-refractivity contribution in [2.24, 2.45) is 5.73 Å². The predicted molar refractivity (Wildman–Crippen MR) is 125 cm³/mol. The van der Waals surface area contributed by atoms with Crippen LogP contribution in [-0.2, 0) is 31.0 Å². The first-order valence-electron chi connectivity index (χ1n) is 11.4. The molecule has 0 saturated carbocycles. The molecule has 0 saturated heterocycles. The zero-order valence-electron chi connectivity index (χ0n) is 20.6. The number of nitrogens with two attached hydrogens (primary N) is 1. The van der Waals surface area contributed by atoms with E-state index >= 15 is 0 Å². The number of hydrogen-bond donors (Lipinski definition) is 2. The number of hydrogen-bond acceptors (Lipinski definition) is 9. The van der Waals surface area contributed by atoms with Crippen LogP contribution in [0, 0.1) is 0 Å². The van der Waals surface area contributed by atoms with Crippen LogP contribution >= 0.6 is 0 Å². The molecule has 12 heteroatoms. The van der Waals surface area contributed by atoms with Crippen LogP contribution in [0.1, 0.15) is 61.3 Å². The van der Waals surface area contributed by atoms with E-state index in [2.05, 4.69) is 5.32 Å². The quantitative estimate of drug-likeness (QED) is 0.282. The molecule has 0 radical (unpaired) electrons. The highest BCUT2D eigenvalue weighted by molar-refractivity contribution is 6.60. The molecule has 0 aliphatic heterocycles. The Hall–Kier alpha value is -0.576. The Kier molecular flexibility index (Phi) is 22.4. The molecule has 0 bridgehead atoms. The van der Waals surface area contributed by atoms with Crippen LogP contribution in [-0.4, -0.2) is 76.7 Å². The second-order valence-corrected chi connectivity index (χ2v) is 10.8. The molecule has 0 spiro atoms. The lowest BCUT2D eigenvalue weighted by Crippen LogP contribution is -2.52. The number of carbonyl (C=O) groups is 1. The van der Waals surface area contributed by atoms with E-state index in [1.807, 2.05) is 27.7 Å². The third-order valence-corrected chi connectivity index (χ3v) is 8.99. The summed E-state index contributed by atoms with van der Waals surface area (Å²) in [6, 6.07) is 0.818. The number of nitrogens with one attached hydrogen (secondary N) is 1. The second kappa shape index (κ2) is 21.3. The first-order valence-corrected chi connectivity index (χ1v) is 14.9. The van der Waals surface area contributed by atoms with Gasteiger partial charge in [-0.1, -0.05) is 6.92 Å². The van der Waals surface area contributed by atoms with Gasteiger partial charge in [-0.2, -0.15) is 0 Å². The highest BCUT2D eigenvalue weighted by Gasteiger charge is 2.49. The Morgan fingerprint density at radius 1 is 0.742 bits per heavy atom. The largest absolute Gasteiger partial charge is 0.752 e. The Labute approximate surface area is 191 Å². The smallest absolute Gasteiger partial charge is 0.435 e. The van der Waals surface area contributed by atoms with Gasteiger partial charge in [0.1, 0.15) is 0 Å². The van der Waals surface area contributed by atoms with Crippen molar-refractivity contribution in [1.82, 2.24) is 5.32 Å². The van der Waals surface area contributed by atoms with E-state index in [0.717, 1.165) is 18.9 Å². The summed E-state index contributed by atoms with van der Waals surface area (Å²) in [5.74, 6) is 0. The van der Waals surface area contributed by atoms with Gasteiger partial charge in [0, 0.05) is 52.2 Å². The Bertz CT molecular complexity index is 388. The standard InChI is InChI=1S/C10H23NO5Si.C9H23NO3Si/c1-5-9-11-10(12)16-17(13-6-2,14-7-3)15-8-4;1-4-11-14(12-5-2,13-6-3)9-7-8-10/h5-9H2,1-4H3,(H,11,12);4-10H2,1-3H3. The average molecular weight is 487 g/mol. The van der Waals surface area contributed by atoms with Gasteiger partial charge in [-0.15, -0.1) is 0 Å². The highest BCUT2D eigenvalue weighted by atomic mass is 28.4. The van der Waals surface area contributed by atoms with Crippen molar-refractivity contribution < 1.29 is 35.8 Å². The second-order valence-electron chi connectivity index (χ2n) is 5.99. The van der Waals surface area contributed by atoms with Gasteiger partial charge in [0.15, 0.2) is 0 Å². The summed E-state index contributed by atoms with van der Waals surface area (Å²) < 4.78 is 38.3. The van der Waals surface area contributed by atoms with Crippen molar-refractivity contribution in [2.45, 2.75) is 67.4 Å². The molecule has 0 aliphatic rings. The topological polar surface area (TPSA) is 120 Å². The summed E-state index contributed by atoms with van der Waals surface area (Å²) in [5, 5.41) is 2.60. The molecule has 0 aromatic carbocycles. The van der Waals surface area contributed by atoms with E-state index in [9.17, 15) is 4.79 Å². The minimum Gasteiger partial charge on any atom is -0.435 e. The Morgan fingerprint density at radius 3 is 1.48 bits per heavy atom. The normalized spacial score (nSPS) is 11.6. The molecule has 0 unspecified atom stereocenters. The summed E-state index contributed by atoms with van der Waals surface area (Å²) >= 11 is 0. The Balaban J connectivity index is 0. The molecular weight excluding hydrogens is 440 g/mol. The van der Waals surface area contributed by atoms with Crippen molar-refractivity contribution in [3.8, 4) is 0 Å². The summed E-state index contributed by atoms with van der Waals surface area (Å²) in [4.78, 5) is 11.5. The maximum absolute atomic E-state index is 11.5. The Morgan fingerprint density at radius 2 is 1.16 bits per heavy atom. The lowest BCUT2D eigenvalue weighted by molar-refractivity contribution is -0.00593. The molecule has 10 nitrogen and oxygen atoms in total. The van der Waals surface area contributed by atoms with Crippen LogP contribution in [0.4, 0.5) is 4.79 Å². The molecule has 0 atom stereocenters. The SMILES string of the molecule is CCCNC(=O)O[Si](OCC)(OCC)OCC.CCO[Si](CCCN)(OCC)OCC. The minimum absolute atomic E-state index is 0.368. The van der Waals surface area contributed by atoms with Gasteiger partial charge in [-0.05, 0) is 60.9 Å².